The number of ether oxygens (including phenoxy) is 1. The number of fused-ring (bicyclic) bond motifs is 1. The molecule has 4 rings (SSSR count). The molecule has 164 valence electrons. The first-order chi connectivity index (χ1) is 15.2. The van der Waals surface area contributed by atoms with Crippen LogP contribution in [0, 0.1) is 11.6 Å². The number of aromatic nitrogens is 3. The molecule has 4 aromatic rings. The van der Waals surface area contributed by atoms with Crippen molar-refractivity contribution in [3.63, 3.8) is 0 Å². The van der Waals surface area contributed by atoms with E-state index in [1.165, 1.54) is 25.7 Å². The van der Waals surface area contributed by atoms with E-state index in [-0.39, 0.29) is 17.3 Å². The third kappa shape index (κ3) is 4.57. The summed E-state index contributed by atoms with van der Waals surface area (Å²) < 4.78 is 58.2. The van der Waals surface area contributed by atoms with Gasteiger partial charge in [-0.25, -0.2) is 32.2 Å². The van der Waals surface area contributed by atoms with Gasteiger partial charge < -0.3 is 10.1 Å². The second-order valence-electron chi connectivity index (χ2n) is 6.86. The Morgan fingerprint density at radius 3 is 2.47 bits per heavy atom. The second-order valence-corrected chi connectivity index (χ2v) is 8.61. The molecule has 0 fully saturated rings. The number of hydrogen-bond acceptors (Lipinski definition) is 7. The molecule has 2 N–H and O–H groups in total. The number of anilines is 3. The largest absolute Gasteiger partial charge is 0.480 e. The van der Waals surface area contributed by atoms with E-state index in [9.17, 15) is 17.2 Å². The molecule has 0 spiro atoms. The Morgan fingerprint density at radius 1 is 0.938 bits per heavy atom. The van der Waals surface area contributed by atoms with E-state index >= 15 is 0 Å². The number of nitrogens with one attached hydrogen (secondary N) is 2. The lowest BCUT2D eigenvalue weighted by molar-refractivity contribution is 0.400. The van der Waals surface area contributed by atoms with E-state index in [4.69, 9.17) is 4.74 Å². The summed E-state index contributed by atoms with van der Waals surface area (Å²) in [7, 11) is -2.17. The van der Waals surface area contributed by atoms with E-state index in [1.54, 1.807) is 24.3 Å². The van der Waals surface area contributed by atoms with Crippen molar-refractivity contribution in [2.45, 2.75) is 0 Å². The summed E-state index contributed by atoms with van der Waals surface area (Å²) in [5.74, 6) is -1.01. The molecular weight excluding hydrogens is 440 g/mol. The van der Waals surface area contributed by atoms with E-state index < -0.39 is 21.7 Å². The smallest absolute Gasteiger partial charge is 0.238 e. The lowest BCUT2D eigenvalue weighted by atomic mass is 10.0. The highest BCUT2D eigenvalue weighted by molar-refractivity contribution is 7.92. The van der Waals surface area contributed by atoms with Gasteiger partial charge in [-0.3, -0.25) is 4.72 Å². The van der Waals surface area contributed by atoms with Gasteiger partial charge in [-0.05, 0) is 35.9 Å². The molecule has 0 saturated heterocycles. The van der Waals surface area contributed by atoms with Crippen LogP contribution in [0.3, 0.4) is 0 Å². The van der Waals surface area contributed by atoms with Gasteiger partial charge >= 0.3 is 0 Å². The van der Waals surface area contributed by atoms with Gasteiger partial charge in [0.1, 0.15) is 29.5 Å². The molecule has 32 heavy (non-hydrogen) atoms. The summed E-state index contributed by atoms with van der Waals surface area (Å²) in [5.41, 5.74) is 2.11. The van der Waals surface area contributed by atoms with Crippen molar-refractivity contribution in [1.82, 2.24) is 15.0 Å². The Hall–Kier alpha value is -3.86. The average Bonchev–Trinajstić information content (AvgIpc) is 2.74. The van der Waals surface area contributed by atoms with Gasteiger partial charge in [0.25, 0.3) is 0 Å². The number of hydrogen-bond donors (Lipinski definition) is 2. The van der Waals surface area contributed by atoms with Crippen LogP contribution in [0.5, 0.6) is 5.88 Å². The van der Waals surface area contributed by atoms with Crippen LogP contribution in [0.15, 0.2) is 55.0 Å². The number of methoxy groups -OCH3 is 1. The molecule has 0 atom stereocenters. The maximum Gasteiger partial charge on any atom is 0.238 e. The fourth-order valence-electron chi connectivity index (χ4n) is 3.10. The van der Waals surface area contributed by atoms with E-state index in [2.05, 4.69) is 25.0 Å². The minimum absolute atomic E-state index is 0.0579. The van der Waals surface area contributed by atoms with E-state index in [0.29, 0.717) is 27.8 Å². The molecular formula is C21H17F2N5O3S. The van der Waals surface area contributed by atoms with Crippen LogP contribution in [-0.2, 0) is 10.0 Å². The number of pyridine rings is 1. The Bertz CT molecular complexity index is 1430. The van der Waals surface area contributed by atoms with Crippen LogP contribution in [0.25, 0.3) is 22.0 Å². The van der Waals surface area contributed by atoms with Crippen molar-refractivity contribution in [3.05, 3.63) is 66.6 Å². The van der Waals surface area contributed by atoms with Gasteiger partial charge in [-0.1, -0.05) is 6.07 Å². The SMILES string of the molecule is COc1ncc(-c2ccc3ncnc(Nc4ccc(F)cc4F)c3c2)cc1NS(C)(=O)=O. The number of sulfonamides is 1. The monoisotopic (exact) mass is 457 g/mol. The summed E-state index contributed by atoms with van der Waals surface area (Å²) in [6.45, 7) is 0. The molecule has 0 amide bonds. The zero-order valence-electron chi connectivity index (χ0n) is 16.9. The summed E-state index contributed by atoms with van der Waals surface area (Å²) in [6.07, 6.45) is 3.89. The van der Waals surface area contributed by atoms with Gasteiger partial charge in [0, 0.05) is 23.2 Å². The fourth-order valence-corrected chi connectivity index (χ4v) is 3.65. The Labute approximate surface area is 182 Å². The van der Waals surface area contributed by atoms with Gasteiger partial charge in [0.15, 0.2) is 0 Å². The lowest BCUT2D eigenvalue weighted by Crippen LogP contribution is -2.11. The molecule has 0 radical (unpaired) electrons. The topological polar surface area (TPSA) is 106 Å². The second kappa shape index (κ2) is 8.35. The molecule has 2 aromatic carbocycles. The van der Waals surface area contributed by atoms with Gasteiger partial charge in [-0.15, -0.1) is 0 Å². The van der Waals surface area contributed by atoms with Crippen molar-refractivity contribution in [1.29, 1.82) is 0 Å². The van der Waals surface area contributed by atoms with Crippen LogP contribution < -0.4 is 14.8 Å². The fraction of sp³-hybridized carbons (Fsp3) is 0.0952. The average molecular weight is 457 g/mol. The highest BCUT2D eigenvalue weighted by Crippen LogP contribution is 2.32. The first-order valence-electron chi connectivity index (χ1n) is 9.22. The molecule has 0 aliphatic rings. The maximum absolute atomic E-state index is 14.1. The van der Waals surface area contributed by atoms with Crippen molar-refractivity contribution in [3.8, 4) is 17.0 Å². The predicted molar refractivity (Wildman–Crippen MR) is 117 cm³/mol. The van der Waals surface area contributed by atoms with Gasteiger partial charge in [0.2, 0.25) is 15.9 Å². The number of rotatable bonds is 6. The summed E-state index contributed by atoms with van der Waals surface area (Å²) in [5, 5.41) is 3.43. The van der Waals surface area contributed by atoms with Crippen molar-refractivity contribution in [2.24, 2.45) is 0 Å². The molecule has 8 nitrogen and oxygen atoms in total. The summed E-state index contributed by atoms with van der Waals surface area (Å²) in [6, 6.07) is 10.1. The zero-order chi connectivity index (χ0) is 22.9. The van der Waals surface area contributed by atoms with Crippen molar-refractivity contribution < 1.29 is 21.9 Å². The van der Waals surface area contributed by atoms with Gasteiger partial charge in [-0.2, -0.15) is 0 Å². The first kappa shape index (κ1) is 21.4. The first-order valence-corrected chi connectivity index (χ1v) is 11.1. The molecule has 0 aliphatic heterocycles. The predicted octanol–water partition coefficient (Wildman–Crippen LogP) is 4.09. The number of benzene rings is 2. The molecule has 0 unspecified atom stereocenters. The highest BCUT2D eigenvalue weighted by Gasteiger charge is 2.14. The number of nitrogens with zero attached hydrogens (tertiary/aromatic N) is 3. The molecule has 2 heterocycles. The standard InChI is InChI=1S/C21H17F2N5O3S/c1-31-21-19(28-32(2,29)30)8-13(10-24-21)12-3-5-17-15(7-12)20(26-11-25-17)27-18-6-4-14(22)9-16(18)23/h3-11,28H,1-2H3,(H,25,26,27). The Morgan fingerprint density at radius 2 is 1.75 bits per heavy atom. The normalized spacial score (nSPS) is 11.4. The third-order valence-electron chi connectivity index (χ3n) is 4.49. The maximum atomic E-state index is 14.1. The van der Waals surface area contributed by atoms with Crippen LogP contribution >= 0.6 is 0 Å². The van der Waals surface area contributed by atoms with E-state index in [1.807, 2.05) is 0 Å². The molecule has 11 heteroatoms. The van der Waals surface area contributed by atoms with Crippen molar-refractivity contribution in [2.75, 3.05) is 23.4 Å². The Kier molecular flexibility index (Phi) is 5.57. The van der Waals surface area contributed by atoms with Crippen LogP contribution in [0.1, 0.15) is 0 Å². The van der Waals surface area contributed by atoms with E-state index in [0.717, 1.165) is 18.4 Å². The summed E-state index contributed by atoms with van der Waals surface area (Å²) >= 11 is 0. The van der Waals surface area contributed by atoms with Crippen molar-refractivity contribution >= 4 is 38.1 Å². The van der Waals surface area contributed by atoms with Gasteiger partial charge in [0.05, 0.1) is 24.6 Å². The van der Waals surface area contributed by atoms with Crippen LogP contribution in [0.2, 0.25) is 0 Å². The zero-order valence-corrected chi connectivity index (χ0v) is 17.7. The highest BCUT2D eigenvalue weighted by atomic mass is 32.2. The molecule has 0 saturated carbocycles. The third-order valence-corrected chi connectivity index (χ3v) is 5.08. The lowest BCUT2D eigenvalue weighted by Gasteiger charge is -2.12. The quantitative estimate of drug-likeness (QED) is 0.449. The Balaban J connectivity index is 1.78. The molecule has 2 aromatic heterocycles. The molecule has 0 aliphatic carbocycles. The van der Waals surface area contributed by atoms with Crippen LogP contribution in [-0.4, -0.2) is 36.7 Å². The minimum atomic E-state index is -3.55. The van der Waals surface area contributed by atoms with Crippen LogP contribution in [0.4, 0.5) is 26.0 Å². The number of halogens is 2. The molecule has 0 bridgehead atoms. The minimum Gasteiger partial charge on any atom is -0.480 e. The summed E-state index contributed by atoms with van der Waals surface area (Å²) in [4.78, 5) is 12.6.